The topological polar surface area (TPSA) is 26.3 Å². The summed E-state index contributed by atoms with van der Waals surface area (Å²) in [6.45, 7) is 10.6. The van der Waals surface area contributed by atoms with Crippen LogP contribution in [0.5, 0.6) is 0 Å². The highest BCUT2D eigenvalue weighted by Crippen LogP contribution is 2.45. The van der Waals surface area contributed by atoms with E-state index in [1.54, 1.807) is 0 Å². The maximum absolute atomic E-state index is 12.7. The zero-order chi connectivity index (χ0) is 13.6. The molecule has 1 aliphatic heterocycles. The number of rotatable bonds is 3. The molecule has 3 atom stereocenters. The summed E-state index contributed by atoms with van der Waals surface area (Å²) in [5.74, 6) is 1.64. The van der Waals surface area contributed by atoms with E-state index in [2.05, 4.69) is 34.6 Å². The Bertz CT molecular complexity index is 330. The first-order valence-electron chi connectivity index (χ1n) is 7.49. The van der Waals surface area contributed by atoms with Crippen LogP contribution >= 0.6 is 0 Å². The minimum absolute atomic E-state index is 0.0908. The molecular formula is C16H28O2. The predicted octanol–water partition coefficient (Wildman–Crippen LogP) is 3.98. The van der Waals surface area contributed by atoms with Gasteiger partial charge in [0.25, 0.3) is 0 Å². The zero-order valence-electron chi connectivity index (χ0n) is 12.6. The summed E-state index contributed by atoms with van der Waals surface area (Å²) in [6.07, 6.45) is 5.56. The Morgan fingerprint density at radius 1 is 1.22 bits per heavy atom. The molecule has 2 rings (SSSR count). The molecule has 1 saturated heterocycles. The van der Waals surface area contributed by atoms with Gasteiger partial charge in [-0.3, -0.25) is 4.79 Å². The number of carbonyl (C=O) groups excluding carboxylic acids is 1. The predicted molar refractivity (Wildman–Crippen MR) is 73.5 cm³/mol. The Morgan fingerprint density at radius 3 is 2.33 bits per heavy atom. The Labute approximate surface area is 111 Å². The van der Waals surface area contributed by atoms with Crippen LogP contribution < -0.4 is 0 Å². The SMILES string of the molecule is CCC1CCC(C(=O)C2CC(C)(C)OC2(C)C)C1. The lowest BCUT2D eigenvalue weighted by molar-refractivity contribution is -0.133. The first kappa shape index (κ1) is 14.0. The molecule has 0 spiro atoms. The smallest absolute Gasteiger partial charge is 0.142 e. The third-order valence-corrected chi connectivity index (χ3v) is 4.94. The normalized spacial score (nSPS) is 37.9. The van der Waals surface area contributed by atoms with Crippen LogP contribution in [0.25, 0.3) is 0 Å². The molecule has 1 heterocycles. The number of hydrogen-bond acceptors (Lipinski definition) is 2. The van der Waals surface area contributed by atoms with Gasteiger partial charge in [-0.05, 0) is 59.3 Å². The number of ether oxygens (including phenoxy) is 1. The van der Waals surface area contributed by atoms with Crippen LogP contribution in [0.1, 0.15) is 66.7 Å². The average Bonchev–Trinajstić information content (AvgIpc) is 2.79. The van der Waals surface area contributed by atoms with Crippen molar-refractivity contribution in [2.75, 3.05) is 0 Å². The van der Waals surface area contributed by atoms with E-state index in [0.29, 0.717) is 11.7 Å². The van der Waals surface area contributed by atoms with Crippen molar-refractivity contribution in [2.45, 2.75) is 77.9 Å². The number of hydrogen-bond donors (Lipinski definition) is 0. The molecule has 1 saturated carbocycles. The molecule has 0 N–H and O–H groups in total. The number of Topliss-reactive ketones (excluding diaryl/α,β-unsaturated/α-hetero) is 1. The molecule has 0 radical (unpaired) electrons. The van der Waals surface area contributed by atoms with Crippen molar-refractivity contribution < 1.29 is 9.53 Å². The monoisotopic (exact) mass is 252 g/mol. The molecule has 0 bridgehead atoms. The second-order valence-electron chi connectivity index (χ2n) is 7.41. The highest BCUT2D eigenvalue weighted by Gasteiger charge is 2.50. The van der Waals surface area contributed by atoms with Gasteiger partial charge in [0.05, 0.1) is 11.2 Å². The molecule has 3 unspecified atom stereocenters. The van der Waals surface area contributed by atoms with Crippen molar-refractivity contribution >= 4 is 5.78 Å². The van der Waals surface area contributed by atoms with E-state index in [-0.39, 0.29) is 17.1 Å². The molecule has 0 aromatic rings. The van der Waals surface area contributed by atoms with E-state index in [1.165, 1.54) is 12.8 Å². The van der Waals surface area contributed by atoms with Crippen molar-refractivity contribution in [2.24, 2.45) is 17.8 Å². The fourth-order valence-electron chi connectivity index (χ4n) is 3.99. The van der Waals surface area contributed by atoms with Gasteiger partial charge in [0.1, 0.15) is 5.78 Å². The van der Waals surface area contributed by atoms with Crippen LogP contribution in [0.3, 0.4) is 0 Å². The van der Waals surface area contributed by atoms with Gasteiger partial charge in [-0.1, -0.05) is 13.3 Å². The van der Waals surface area contributed by atoms with Crippen molar-refractivity contribution in [3.63, 3.8) is 0 Å². The third-order valence-electron chi connectivity index (χ3n) is 4.94. The molecule has 2 nitrogen and oxygen atoms in total. The molecule has 0 amide bonds. The Kier molecular flexibility index (Phi) is 3.61. The summed E-state index contributed by atoms with van der Waals surface area (Å²) >= 11 is 0. The second kappa shape index (κ2) is 4.63. The van der Waals surface area contributed by atoms with Crippen LogP contribution in [0.4, 0.5) is 0 Å². The summed E-state index contributed by atoms with van der Waals surface area (Å²) < 4.78 is 6.06. The highest BCUT2D eigenvalue weighted by atomic mass is 16.5. The molecule has 2 aliphatic rings. The van der Waals surface area contributed by atoms with E-state index >= 15 is 0 Å². The first-order valence-corrected chi connectivity index (χ1v) is 7.49. The average molecular weight is 252 g/mol. The fourth-order valence-corrected chi connectivity index (χ4v) is 3.99. The molecule has 1 aliphatic carbocycles. The molecule has 2 heteroatoms. The number of ketones is 1. The summed E-state index contributed by atoms with van der Waals surface area (Å²) in [4.78, 5) is 12.7. The van der Waals surface area contributed by atoms with Crippen molar-refractivity contribution in [1.29, 1.82) is 0 Å². The van der Waals surface area contributed by atoms with E-state index in [0.717, 1.165) is 25.2 Å². The van der Waals surface area contributed by atoms with Gasteiger partial charge < -0.3 is 4.74 Å². The molecule has 0 aromatic carbocycles. The fraction of sp³-hybridized carbons (Fsp3) is 0.938. The minimum atomic E-state index is -0.287. The molecule has 2 fully saturated rings. The van der Waals surface area contributed by atoms with Crippen LogP contribution in [0.15, 0.2) is 0 Å². The van der Waals surface area contributed by atoms with Crippen LogP contribution in [0, 0.1) is 17.8 Å². The van der Waals surface area contributed by atoms with Gasteiger partial charge in [0, 0.05) is 11.8 Å². The maximum atomic E-state index is 12.7. The van der Waals surface area contributed by atoms with Crippen LogP contribution in [-0.4, -0.2) is 17.0 Å². The van der Waals surface area contributed by atoms with Gasteiger partial charge in [0.15, 0.2) is 0 Å². The van der Waals surface area contributed by atoms with Crippen LogP contribution in [0.2, 0.25) is 0 Å². The second-order valence-corrected chi connectivity index (χ2v) is 7.41. The lowest BCUT2D eigenvalue weighted by atomic mass is 9.79. The van der Waals surface area contributed by atoms with Crippen LogP contribution in [-0.2, 0) is 9.53 Å². The van der Waals surface area contributed by atoms with Gasteiger partial charge >= 0.3 is 0 Å². The first-order chi connectivity index (χ1) is 8.25. The lowest BCUT2D eigenvalue weighted by Gasteiger charge is -2.28. The van der Waals surface area contributed by atoms with Gasteiger partial charge in [-0.25, -0.2) is 0 Å². The number of carbonyl (C=O) groups is 1. The molecule has 18 heavy (non-hydrogen) atoms. The van der Waals surface area contributed by atoms with Gasteiger partial charge in [0.2, 0.25) is 0 Å². The largest absolute Gasteiger partial charge is 0.369 e. The minimum Gasteiger partial charge on any atom is -0.369 e. The Morgan fingerprint density at radius 2 is 1.89 bits per heavy atom. The summed E-state index contributed by atoms with van der Waals surface area (Å²) in [5.41, 5.74) is -0.433. The van der Waals surface area contributed by atoms with E-state index < -0.39 is 0 Å². The highest BCUT2D eigenvalue weighted by molar-refractivity contribution is 5.85. The maximum Gasteiger partial charge on any atom is 0.142 e. The van der Waals surface area contributed by atoms with Crippen molar-refractivity contribution in [3.05, 3.63) is 0 Å². The van der Waals surface area contributed by atoms with E-state index in [4.69, 9.17) is 4.74 Å². The van der Waals surface area contributed by atoms with Crippen molar-refractivity contribution in [3.8, 4) is 0 Å². The Balaban J connectivity index is 2.06. The van der Waals surface area contributed by atoms with E-state index in [9.17, 15) is 4.79 Å². The summed E-state index contributed by atoms with van der Waals surface area (Å²) in [7, 11) is 0. The zero-order valence-corrected chi connectivity index (χ0v) is 12.6. The molecule has 0 aromatic heterocycles. The Hall–Kier alpha value is -0.370. The molecule has 104 valence electrons. The van der Waals surface area contributed by atoms with E-state index in [1.807, 2.05) is 0 Å². The molecular weight excluding hydrogens is 224 g/mol. The standard InChI is InChI=1S/C16H28O2/c1-6-11-7-8-12(9-11)14(17)13-10-15(2,3)18-16(13,4)5/h11-13H,6-10H2,1-5H3. The van der Waals surface area contributed by atoms with Gasteiger partial charge in [-0.15, -0.1) is 0 Å². The lowest BCUT2D eigenvalue weighted by Crippen LogP contribution is -2.36. The van der Waals surface area contributed by atoms with Crippen molar-refractivity contribution in [1.82, 2.24) is 0 Å². The third kappa shape index (κ3) is 2.64. The van der Waals surface area contributed by atoms with Gasteiger partial charge in [-0.2, -0.15) is 0 Å². The quantitative estimate of drug-likeness (QED) is 0.759. The summed E-state index contributed by atoms with van der Waals surface area (Å²) in [5, 5.41) is 0. The summed E-state index contributed by atoms with van der Waals surface area (Å²) in [6, 6.07) is 0.